The number of aliphatic hydroxyl groups excluding tert-OH is 1. The summed E-state index contributed by atoms with van der Waals surface area (Å²) in [7, 11) is 0. The summed E-state index contributed by atoms with van der Waals surface area (Å²) in [5, 5.41) is 16.8. The van der Waals surface area contributed by atoms with E-state index in [0.29, 0.717) is 24.8 Å². The van der Waals surface area contributed by atoms with Crippen LogP contribution < -0.4 is 5.32 Å². The van der Waals surface area contributed by atoms with E-state index in [9.17, 15) is 5.11 Å². The first-order valence-corrected chi connectivity index (χ1v) is 6.58. The van der Waals surface area contributed by atoms with Crippen molar-refractivity contribution in [3.8, 4) is 0 Å². The van der Waals surface area contributed by atoms with Crippen LogP contribution in [0.1, 0.15) is 62.2 Å². The van der Waals surface area contributed by atoms with Crippen molar-refractivity contribution >= 4 is 0 Å². The molecule has 94 valence electrons. The van der Waals surface area contributed by atoms with Gasteiger partial charge in [0.25, 0.3) is 0 Å². The second-order valence-electron chi connectivity index (χ2n) is 5.18. The largest absolute Gasteiger partial charge is 0.392 e. The minimum Gasteiger partial charge on any atom is -0.392 e. The highest BCUT2D eigenvalue weighted by molar-refractivity contribution is 5.01. The fourth-order valence-corrected chi connectivity index (χ4v) is 2.82. The lowest BCUT2D eigenvalue weighted by Gasteiger charge is -2.17. The Morgan fingerprint density at radius 3 is 2.76 bits per heavy atom. The van der Waals surface area contributed by atoms with Crippen molar-refractivity contribution in [2.45, 2.75) is 56.6 Å². The van der Waals surface area contributed by atoms with Crippen LogP contribution in [-0.2, 0) is 0 Å². The van der Waals surface area contributed by atoms with Crippen LogP contribution in [0.25, 0.3) is 0 Å². The van der Waals surface area contributed by atoms with Crippen LogP contribution in [0.3, 0.4) is 0 Å². The van der Waals surface area contributed by atoms with Crippen LogP contribution in [0.5, 0.6) is 0 Å². The normalized spacial score (nSPS) is 30.9. The smallest absolute Gasteiger partial charge is 0.243 e. The molecule has 5 heteroatoms. The van der Waals surface area contributed by atoms with Crippen LogP contribution in [0.15, 0.2) is 4.52 Å². The summed E-state index contributed by atoms with van der Waals surface area (Å²) < 4.78 is 5.32. The van der Waals surface area contributed by atoms with Gasteiger partial charge >= 0.3 is 0 Å². The predicted molar refractivity (Wildman–Crippen MR) is 61.5 cm³/mol. The topological polar surface area (TPSA) is 71.2 Å². The minimum absolute atomic E-state index is 0.0369. The quantitative estimate of drug-likeness (QED) is 0.816. The Kier molecular flexibility index (Phi) is 3.11. The van der Waals surface area contributed by atoms with Crippen molar-refractivity contribution < 1.29 is 9.63 Å². The van der Waals surface area contributed by atoms with Crippen molar-refractivity contribution in [2.24, 2.45) is 0 Å². The third kappa shape index (κ3) is 2.35. The minimum atomic E-state index is -0.287. The van der Waals surface area contributed by atoms with Gasteiger partial charge in [-0.3, -0.25) is 0 Å². The van der Waals surface area contributed by atoms with Gasteiger partial charge in [-0.05, 0) is 19.3 Å². The molecule has 1 aromatic rings. The Hall–Kier alpha value is -0.940. The number of aliphatic hydroxyl groups is 1. The lowest BCUT2D eigenvalue weighted by molar-refractivity contribution is 0.191. The SMILES string of the molecule is O[C@H]1CN[C@H](c2nc(C3CCCCC3)no2)C1. The summed E-state index contributed by atoms with van der Waals surface area (Å²) in [5.41, 5.74) is 0. The standard InChI is InChI=1S/C12H19N3O2/c16-9-6-10(13-7-9)12-14-11(15-17-12)8-4-2-1-3-5-8/h8-10,13,16H,1-7H2/t9-,10+/m1/s1. The fraction of sp³-hybridized carbons (Fsp3) is 0.833. The lowest BCUT2D eigenvalue weighted by atomic mass is 9.89. The van der Waals surface area contributed by atoms with Crippen LogP contribution in [0.2, 0.25) is 0 Å². The molecule has 2 atom stereocenters. The molecule has 2 fully saturated rings. The number of rotatable bonds is 2. The predicted octanol–water partition coefficient (Wildman–Crippen LogP) is 1.51. The number of hydrogen-bond donors (Lipinski definition) is 2. The van der Waals surface area contributed by atoms with E-state index >= 15 is 0 Å². The fourth-order valence-electron chi connectivity index (χ4n) is 2.82. The second kappa shape index (κ2) is 4.74. The van der Waals surface area contributed by atoms with Gasteiger partial charge in [0, 0.05) is 12.5 Å². The van der Waals surface area contributed by atoms with E-state index in [-0.39, 0.29) is 12.1 Å². The highest BCUT2D eigenvalue weighted by Crippen LogP contribution is 2.32. The third-order valence-electron chi connectivity index (χ3n) is 3.83. The zero-order valence-corrected chi connectivity index (χ0v) is 9.93. The molecular weight excluding hydrogens is 218 g/mol. The van der Waals surface area contributed by atoms with Gasteiger partial charge in [-0.1, -0.05) is 24.4 Å². The van der Waals surface area contributed by atoms with Crippen molar-refractivity contribution in [3.63, 3.8) is 0 Å². The van der Waals surface area contributed by atoms with E-state index in [0.717, 1.165) is 5.82 Å². The Bertz CT molecular complexity index is 354. The van der Waals surface area contributed by atoms with Gasteiger partial charge in [0.2, 0.25) is 5.89 Å². The molecular formula is C12H19N3O2. The molecule has 2 heterocycles. The highest BCUT2D eigenvalue weighted by Gasteiger charge is 2.29. The number of aromatic nitrogens is 2. The molecule has 1 aliphatic heterocycles. The van der Waals surface area contributed by atoms with E-state index in [2.05, 4.69) is 15.5 Å². The molecule has 0 radical (unpaired) electrons. The van der Waals surface area contributed by atoms with Gasteiger partial charge in [0.05, 0.1) is 12.1 Å². The maximum Gasteiger partial charge on any atom is 0.243 e. The number of nitrogens with zero attached hydrogens (tertiary/aromatic N) is 2. The number of nitrogens with one attached hydrogen (secondary N) is 1. The van der Waals surface area contributed by atoms with Crippen LogP contribution >= 0.6 is 0 Å². The third-order valence-corrected chi connectivity index (χ3v) is 3.83. The molecule has 17 heavy (non-hydrogen) atoms. The van der Waals surface area contributed by atoms with Crippen molar-refractivity contribution in [2.75, 3.05) is 6.54 Å². The van der Waals surface area contributed by atoms with Crippen LogP contribution in [0.4, 0.5) is 0 Å². The van der Waals surface area contributed by atoms with Crippen LogP contribution in [0, 0.1) is 0 Å². The van der Waals surface area contributed by atoms with Gasteiger partial charge < -0.3 is 14.9 Å². The summed E-state index contributed by atoms with van der Waals surface area (Å²) in [6, 6.07) is 0.0369. The van der Waals surface area contributed by atoms with Gasteiger partial charge in [0.1, 0.15) is 0 Å². The summed E-state index contributed by atoms with van der Waals surface area (Å²) in [5.74, 6) is 1.98. The molecule has 3 rings (SSSR count). The van der Waals surface area contributed by atoms with E-state index in [1.54, 1.807) is 0 Å². The van der Waals surface area contributed by atoms with Gasteiger partial charge in [-0.25, -0.2) is 0 Å². The maximum atomic E-state index is 9.46. The summed E-state index contributed by atoms with van der Waals surface area (Å²) in [4.78, 5) is 4.50. The summed E-state index contributed by atoms with van der Waals surface area (Å²) in [6.45, 7) is 0.617. The first kappa shape index (κ1) is 11.2. The molecule has 1 saturated carbocycles. The van der Waals surface area contributed by atoms with Crippen molar-refractivity contribution in [1.82, 2.24) is 15.5 Å². The van der Waals surface area contributed by atoms with Crippen molar-refractivity contribution in [1.29, 1.82) is 0 Å². The molecule has 1 aliphatic carbocycles. The maximum absolute atomic E-state index is 9.46. The zero-order chi connectivity index (χ0) is 11.7. The monoisotopic (exact) mass is 237 g/mol. The molecule has 0 aromatic carbocycles. The molecule has 0 spiro atoms. The van der Waals surface area contributed by atoms with Crippen molar-refractivity contribution in [3.05, 3.63) is 11.7 Å². The lowest BCUT2D eigenvalue weighted by Crippen LogP contribution is -2.15. The molecule has 0 unspecified atom stereocenters. The first-order valence-electron chi connectivity index (χ1n) is 6.58. The van der Waals surface area contributed by atoms with E-state index in [1.807, 2.05) is 0 Å². The van der Waals surface area contributed by atoms with Gasteiger partial charge in [0.15, 0.2) is 5.82 Å². The van der Waals surface area contributed by atoms with E-state index < -0.39 is 0 Å². The average Bonchev–Trinajstić information content (AvgIpc) is 2.98. The van der Waals surface area contributed by atoms with E-state index in [1.165, 1.54) is 32.1 Å². The van der Waals surface area contributed by atoms with Gasteiger partial charge in [-0.15, -0.1) is 0 Å². The zero-order valence-electron chi connectivity index (χ0n) is 9.93. The van der Waals surface area contributed by atoms with Crippen LogP contribution in [-0.4, -0.2) is 27.9 Å². The first-order chi connectivity index (χ1) is 8.33. The molecule has 0 bridgehead atoms. The Morgan fingerprint density at radius 2 is 2.06 bits per heavy atom. The Labute approximate surface area is 101 Å². The molecule has 5 nitrogen and oxygen atoms in total. The number of β-amino-alcohol motifs (C(OH)–C–C–N with tert-alkyl or cyclic N) is 1. The summed E-state index contributed by atoms with van der Waals surface area (Å²) in [6.07, 6.45) is 6.62. The highest BCUT2D eigenvalue weighted by atomic mass is 16.5. The Balaban J connectivity index is 1.69. The van der Waals surface area contributed by atoms with Gasteiger partial charge in [-0.2, -0.15) is 4.98 Å². The molecule has 1 saturated heterocycles. The number of hydrogen-bond acceptors (Lipinski definition) is 5. The molecule has 2 N–H and O–H groups in total. The molecule has 2 aliphatic rings. The molecule has 0 amide bonds. The average molecular weight is 237 g/mol. The Morgan fingerprint density at radius 1 is 1.24 bits per heavy atom. The second-order valence-corrected chi connectivity index (χ2v) is 5.18. The summed E-state index contributed by atoms with van der Waals surface area (Å²) >= 11 is 0. The molecule has 1 aromatic heterocycles. The van der Waals surface area contributed by atoms with E-state index in [4.69, 9.17) is 4.52 Å².